The zero-order valence-corrected chi connectivity index (χ0v) is 12.6. The van der Waals surface area contributed by atoms with E-state index in [0.717, 1.165) is 25.3 Å². The van der Waals surface area contributed by atoms with E-state index in [4.69, 9.17) is 0 Å². The molecule has 1 heterocycles. The Morgan fingerprint density at radius 2 is 2.05 bits per heavy atom. The summed E-state index contributed by atoms with van der Waals surface area (Å²) in [5.41, 5.74) is 2.43. The van der Waals surface area contributed by atoms with Gasteiger partial charge in [-0.1, -0.05) is 41.7 Å². The summed E-state index contributed by atoms with van der Waals surface area (Å²) in [6, 6.07) is 11.3. The van der Waals surface area contributed by atoms with Crippen molar-refractivity contribution in [1.82, 2.24) is 9.47 Å². The Morgan fingerprint density at radius 3 is 2.65 bits per heavy atom. The van der Waals surface area contributed by atoms with Crippen LogP contribution in [0.4, 0.5) is 0 Å². The SMILES string of the molecule is Cc1csc(=O)n1CCN(Cc1ccccc1)C1CC1. The summed E-state index contributed by atoms with van der Waals surface area (Å²) in [6.45, 7) is 4.76. The lowest BCUT2D eigenvalue weighted by molar-refractivity contribution is 0.243. The predicted octanol–water partition coefficient (Wildman–Crippen LogP) is 2.88. The minimum Gasteiger partial charge on any atom is -0.302 e. The van der Waals surface area contributed by atoms with Gasteiger partial charge in [-0.2, -0.15) is 0 Å². The van der Waals surface area contributed by atoms with E-state index >= 15 is 0 Å². The summed E-state index contributed by atoms with van der Waals surface area (Å²) in [5.74, 6) is 0. The first-order chi connectivity index (χ1) is 9.74. The second-order valence-electron chi connectivity index (χ2n) is 5.48. The quantitative estimate of drug-likeness (QED) is 0.816. The van der Waals surface area contributed by atoms with Crippen molar-refractivity contribution in [2.75, 3.05) is 6.54 Å². The molecule has 20 heavy (non-hydrogen) atoms. The van der Waals surface area contributed by atoms with Crippen LogP contribution in [0.15, 0.2) is 40.5 Å². The van der Waals surface area contributed by atoms with Gasteiger partial charge >= 0.3 is 4.87 Å². The fraction of sp³-hybridized carbons (Fsp3) is 0.438. The summed E-state index contributed by atoms with van der Waals surface area (Å²) in [4.78, 5) is 14.4. The van der Waals surface area contributed by atoms with Crippen LogP contribution in [0.25, 0.3) is 0 Å². The molecule has 4 heteroatoms. The van der Waals surface area contributed by atoms with Gasteiger partial charge in [-0.15, -0.1) is 0 Å². The second kappa shape index (κ2) is 5.94. The van der Waals surface area contributed by atoms with Crippen LogP contribution in [0.5, 0.6) is 0 Å². The molecule has 2 aromatic rings. The van der Waals surface area contributed by atoms with Crippen LogP contribution >= 0.6 is 11.3 Å². The smallest absolute Gasteiger partial charge is 0.302 e. The van der Waals surface area contributed by atoms with E-state index in [1.807, 2.05) is 16.9 Å². The highest BCUT2D eigenvalue weighted by atomic mass is 32.1. The van der Waals surface area contributed by atoms with Gasteiger partial charge < -0.3 is 4.57 Å². The Balaban J connectivity index is 1.65. The zero-order chi connectivity index (χ0) is 13.9. The first-order valence-corrected chi connectivity index (χ1v) is 8.05. The van der Waals surface area contributed by atoms with Gasteiger partial charge in [0.05, 0.1) is 0 Å². The van der Waals surface area contributed by atoms with Crippen LogP contribution in [0, 0.1) is 6.92 Å². The van der Waals surface area contributed by atoms with Gasteiger partial charge in [0.2, 0.25) is 0 Å². The molecule has 0 N–H and O–H groups in total. The van der Waals surface area contributed by atoms with Crippen LogP contribution < -0.4 is 4.87 Å². The topological polar surface area (TPSA) is 25.2 Å². The van der Waals surface area contributed by atoms with E-state index in [9.17, 15) is 4.79 Å². The van der Waals surface area contributed by atoms with Crippen LogP contribution in [0.1, 0.15) is 24.1 Å². The van der Waals surface area contributed by atoms with Crippen molar-refractivity contribution in [2.45, 2.75) is 38.9 Å². The summed E-state index contributed by atoms with van der Waals surface area (Å²) in [7, 11) is 0. The van der Waals surface area contributed by atoms with Crippen LogP contribution in [0.3, 0.4) is 0 Å². The molecule has 3 nitrogen and oxygen atoms in total. The molecule has 1 saturated carbocycles. The van der Waals surface area contributed by atoms with E-state index in [0.29, 0.717) is 6.04 Å². The van der Waals surface area contributed by atoms with Gasteiger partial charge in [-0.05, 0) is 25.3 Å². The van der Waals surface area contributed by atoms with Crippen molar-refractivity contribution in [1.29, 1.82) is 0 Å². The number of aromatic nitrogens is 1. The Bertz CT molecular complexity index is 613. The van der Waals surface area contributed by atoms with Gasteiger partial charge in [0, 0.05) is 36.8 Å². The van der Waals surface area contributed by atoms with Crippen molar-refractivity contribution in [2.24, 2.45) is 0 Å². The van der Waals surface area contributed by atoms with E-state index in [-0.39, 0.29) is 4.87 Å². The molecule has 1 aliphatic carbocycles. The summed E-state index contributed by atoms with van der Waals surface area (Å²) < 4.78 is 1.89. The standard InChI is InChI=1S/C16H20N2OS/c1-13-12-20-16(19)18(13)10-9-17(15-7-8-15)11-14-5-3-2-4-6-14/h2-6,12,15H,7-11H2,1H3. The number of thiazole rings is 1. The van der Waals surface area contributed by atoms with E-state index in [2.05, 4.69) is 35.2 Å². The third kappa shape index (κ3) is 3.19. The van der Waals surface area contributed by atoms with Crippen molar-refractivity contribution < 1.29 is 0 Å². The lowest BCUT2D eigenvalue weighted by Gasteiger charge is -2.22. The number of hydrogen-bond donors (Lipinski definition) is 0. The molecule has 1 aromatic carbocycles. The number of aryl methyl sites for hydroxylation is 1. The zero-order valence-electron chi connectivity index (χ0n) is 11.8. The molecular weight excluding hydrogens is 268 g/mol. The van der Waals surface area contributed by atoms with Gasteiger partial charge in [-0.25, -0.2) is 0 Å². The monoisotopic (exact) mass is 288 g/mol. The molecule has 0 aliphatic heterocycles. The molecule has 0 atom stereocenters. The molecule has 1 aromatic heterocycles. The maximum atomic E-state index is 11.8. The molecule has 0 bridgehead atoms. The van der Waals surface area contributed by atoms with Crippen molar-refractivity contribution in [3.63, 3.8) is 0 Å². The van der Waals surface area contributed by atoms with E-state index < -0.39 is 0 Å². The molecule has 3 rings (SSSR count). The molecule has 1 aliphatic rings. The highest BCUT2D eigenvalue weighted by Crippen LogP contribution is 2.28. The normalized spacial score (nSPS) is 14.9. The van der Waals surface area contributed by atoms with Crippen LogP contribution in [-0.4, -0.2) is 22.1 Å². The van der Waals surface area contributed by atoms with Gasteiger partial charge in [0.1, 0.15) is 0 Å². The van der Waals surface area contributed by atoms with Crippen molar-refractivity contribution in [3.8, 4) is 0 Å². The highest BCUT2D eigenvalue weighted by Gasteiger charge is 2.28. The lowest BCUT2D eigenvalue weighted by atomic mass is 10.2. The Kier molecular flexibility index (Phi) is 4.03. The fourth-order valence-electron chi connectivity index (χ4n) is 2.55. The molecule has 1 fully saturated rings. The summed E-state index contributed by atoms with van der Waals surface area (Å²) >= 11 is 1.30. The maximum Gasteiger partial charge on any atom is 0.307 e. The minimum atomic E-state index is 0.165. The highest BCUT2D eigenvalue weighted by molar-refractivity contribution is 7.07. The third-order valence-electron chi connectivity index (χ3n) is 3.88. The molecule has 0 unspecified atom stereocenters. The number of rotatable bonds is 6. The fourth-order valence-corrected chi connectivity index (χ4v) is 3.31. The molecule has 0 spiro atoms. The number of hydrogen-bond acceptors (Lipinski definition) is 3. The van der Waals surface area contributed by atoms with Crippen LogP contribution in [0.2, 0.25) is 0 Å². The van der Waals surface area contributed by atoms with Gasteiger partial charge in [0.25, 0.3) is 0 Å². The molecular formula is C16H20N2OS. The summed E-state index contributed by atoms with van der Waals surface area (Å²) in [6.07, 6.45) is 2.59. The number of nitrogens with zero attached hydrogens (tertiary/aromatic N) is 2. The Morgan fingerprint density at radius 1 is 1.30 bits per heavy atom. The predicted molar refractivity (Wildman–Crippen MR) is 83.2 cm³/mol. The largest absolute Gasteiger partial charge is 0.307 e. The van der Waals surface area contributed by atoms with Gasteiger partial charge in [0.15, 0.2) is 0 Å². The molecule has 0 saturated heterocycles. The Labute approximate surface area is 123 Å². The second-order valence-corrected chi connectivity index (χ2v) is 6.30. The van der Waals surface area contributed by atoms with E-state index in [1.165, 1.54) is 29.7 Å². The first kappa shape index (κ1) is 13.6. The first-order valence-electron chi connectivity index (χ1n) is 7.17. The third-order valence-corrected chi connectivity index (χ3v) is 4.76. The average Bonchev–Trinajstić information content (AvgIpc) is 3.25. The molecule has 0 radical (unpaired) electrons. The van der Waals surface area contributed by atoms with Gasteiger partial charge in [-0.3, -0.25) is 9.69 Å². The molecule has 106 valence electrons. The average molecular weight is 288 g/mol. The number of benzene rings is 1. The van der Waals surface area contributed by atoms with Crippen molar-refractivity contribution >= 4 is 11.3 Å². The molecule has 0 amide bonds. The Hall–Kier alpha value is -1.39. The minimum absolute atomic E-state index is 0.165. The summed E-state index contributed by atoms with van der Waals surface area (Å²) in [5, 5.41) is 1.95. The van der Waals surface area contributed by atoms with E-state index in [1.54, 1.807) is 0 Å². The van der Waals surface area contributed by atoms with Crippen molar-refractivity contribution in [3.05, 3.63) is 56.6 Å². The lowest BCUT2D eigenvalue weighted by Crippen LogP contribution is -2.31. The maximum absolute atomic E-state index is 11.8. The van der Waals surface area contributed by atoms with Crippen LogP contribution in [-0.2, 0) is 13.1 Å².